The summed E-state index contributed by atoms with van der Waals surface area (Å²) < 4.78 is 0. The predicted octanol–water partition coefficient (Wildman–Crippen LogP) is 2.15. The first kappa shape index (κ1) is 14.9. The van der Waals surface area contributed by atoms with Crippen LogP contribution >= 0.6 is 0 Å². The van der Waals surface area contributed by atoms with Crippen molar-refractivity contribution in [3.63, 3.8) is 0 Å². The number of carbonyl (C=O) groups is 1. The molecule has 1 heterocycles. The lowest BCUT2D eigenvalue weighted by Crippen LogP contribution is -2.48. The molecule has 4 nitrogen and oxygen atoms in total. The Hall–Kier alpha value is -1.55. The summed E-state index contributed by atoms with van der Waals surface area (Å²) in [6.07, 6.45) is 3.09. The fraction of sp³-hybridized carbons (Fsp3) is 0.562. The van der Waals surface area contributed by atoms with Crippen molar-refractivity contribution in [2.45, 2.75) is 51.7 Å². The maximum absolute atomic E-state index is 12.3. The van der Waals surface area contributed by atoms with Gasteiger partial charge < -0.3 is 11.1 Å². The standard InChI is InChI=1S/C16H25N3O/c1-12(2)19(11-13-7-3-4-8-14(13)17)15-9-5-6-10-18-16(15)20/h3-4,7-8,12,15H,5-6,9-11,17H2,1-2H3,(H,18,20). The Morgan fingerprint density at radius 3 is 2.80 bits per heavy atom. The Morgan fingerprint density at radius 1 is 1.35 bits per heavy atom. The Morgan fingerprint density at radius 2 is 2.10 bits per heavy atom. The Kier molecular flexibility index (Phi) is 5.01. The molecule has 3 N–H and O–H groups in total. The van der Waals surface area contributed by atoms with Crippen LogP contribution < -0.4 is 11.1 Å². The van der Waals surface area contributed by atoms with Crippen molar-refractivity contribution in [3.05, 3.63) is 29.8 Å². The van der Waals surface area contributed by atoms with Crippen molar-refractivity contribution in [2.24, 2.45) is 0 Å². The van der Waals surface area contributed by atoms with Crippen molar-refractivity contribution in [3.8, 4) is 0 Å². The molecule has 0 aromatic heterocycles. The maximum atomic E-state index is 12.3. The fourth-order valence-corrected chi connectivity index (χ4v) is 2.77. The molecule has 1 aromatic carbocycles. The first-order valence-electron chi connectivity index (χ1n) is 7.46. The van der Waals surface area contributed by atoms with E-state index < -0.39 is 0 Å². The topological polar surface area (TPSA) is 58.4 Å². The molecule has 4 heteroatoms. The smallest absolute Gasteiger partial charge is 0.237 e. The second-order valence-electron chi connectivity index (χ2n) is 5.77. The molecule has 0 aliphatic carbocycles. The molecule has 1 saturated heterocycles. The average Bonchev–Trinajstić information content (AvgIpc) is 2.62. The van der Waals surface area contributed by atoms with Gasteiger partial charge in [-0.15, -0.1) is 0 Å². The van der Waals surface area contributed by atoms with Crippen LogP contribution in [0.25, 0.3) is 0 Å². The van der Waals surface area contributed by atoms with Gasteiger partial charge in [0.05, 0.1) is 6.04 Å². The third kappa shape index (κ3) is 3.51. The van der Waals surface area contributed by atoms with Gasteiger partial charge in [-0.2, -0.15) is 0 Å². The third-order valence-electron chi connectivity index (χ3n) is 3.98. The van der Waals surface area contributed by atoms with Crippen molar-refractivity contribution in [1.82, 2.24) is 10.2 Å². The molecule has 1 fully saturated rings. The summed E-state index contributed by atoms with van der Waals surface area (Å²) in [5.74, 6) is 0.158. The van der Waals surface area contributed by atoms with Crippen molar-refractivity contribution >= 4 is 11.6 Å². The van der Waals surface area contributed by atoms with Gasteiger partial charge in [-0.1, -0.05) is 18.2 Å². The van der Waals surface area contributed by atoms with Crippen LogP contribution in [0.5, 0.6) is 0 Å². The molecule has 1 aliphatic heterocycles. The number of carbonyl (C=O) groups excluding carboxylic acids is 1. The Labute approximate surface area is 121 Å². The maximum Gasteiger partial charge on any atom is 0.237 e. The van der Waals surface area contributed by atoms with E-state index in [-0.39, 0.29) is 11.9 Å². The van der Waals surface area contributed by atoms with Crippen molar-refractivity contribution < 1.29 is 4.79 Å². The first-order valence-corrected chi connectivity index (χ1v) is 7.46. The molecular formula is C16H25N3O. The number of hydrogen-bond donors (Lipinski definition) is 2. The SMILES string of the molecule is CC(C)N(Cc1ccccc1N)C1CCCCNC1=O. The van der Waals surface area contributed by atoms with E-state index in [1.54, 1.807) is 0 Å². The van der Waals surface area contributed by atoms with Gasteiger partial charge in [-0.05, 0) is 44.7 Å². The van der Waals surface area contributed by atoms with Crippen LogP contribution in [0.15, 0.2) is 24.3 Å². The molecule has 1 amide bonds. The largest absolute Gasteiger partial charge is 0.398 e. The molecule has 110 valence electrons. The van der Waals surface area contributed by atoms with Gasteiger partial charge >= 0.3 is 0 Å². The zero-order valence-corrected chi connectivity index (χ0v) is 12.4. The summed E-state index contributed by atoms with van der Waals surface area (Å²) >= 11 is 0. The van der Waals surface area contributed by atoms with Gasteiger partial charge in [0.1, 0.15) is 0 Å². The number of anilines is 1. The molecule has 1 atom stereocenters. The zero-order valence-electron chi connectivity index (χ0n) is 12.4. The van der Waals surface area contributed by atoms with Crippen LogP contribution in [0, 0.1) is 0 Å². The second kappa shape index (κ2) is 6.75. The van der Waals surface area contributed by atoms with Crippen LogP contribution in [0.4, 0.5) is 5.69 Å². The molecule has 2 rings (SSSR count). The highest BCUT2D eigenvalue weighted by molar-refractivity contribution is 5.82. The Balaban J connectivity index is 2.18. The normalized spacial score (nSPS) is 20.0. The summed E-state index contributed by atoms with van der Waals surface area (Å²) in [4.78, 5) is 14.5. The Bertz CT molecular complexity index is 459. The number of nitrogen functional groups attached to an aromatic ring is 1. The number of amides is 1. The van der Waals surface area contributed by atoms with Gasteiger partial charge in [0, 0.05) is 24.8 Å². The van der Waals surface area contributed by atoms with Crippen LogP contribution in [0.1, 0.15) is 38.7 Å². The molecule has 1 aliphatic rings. The fourth-order valence-electron chi connectivity index (χ4n) is 2.77. The molecule has 0 bridgehead atoms. The number of nitrogens with two attached hydrogens (primary N) is 1. The minimum Gasteiger partial charge on any atom is -0.398 e. The molecule has 1 aromatic rings. The summed E-state index contributed by atoms with van der Waals surface area (Å²) in [6, 6.07) is 8.16. The van der Waals surface area contributed by atoms with Gasteiger partial charge in [-0.3, -0.25) is 9.69 Å². The number of benzene rings is 1. The lowest BCUT2D eigenvalue weighted by Gasteiger charge is -2.33. The summed E-state index contributed by atoms with van der Waals surface area (Å²) in [6.45, 7) is 5.80. The van der Waals surface area contributed by atoms with E-state index in [1.807, 2.05) is 24.3 Å². The van der Waals surface area contributed by atoms with E-state index in [9.17, 15) is 4.79 Å². The van der Waals surface area contributed by atoms with Gasteiger partial charge in [0.25, 0.3) is 0 Å². The van der Waals surface area contributed by atoms with Crippen LogP contribution in [-0.2, 0) is 11.3 Å². The van der Waals surface area contributed by atoms with E-state index >= 15 is 0 Å². The average molecular weight is 275 g/mol. The number of nitrogens with one attached hydrogen (secondary N) is 1. The molecule has 20 heavy (non-hydrogen) atoms. The summed E-state index contributed by atoms with van der Waals surface area (Å²) in [7, 11) is 0. The highest BCUT2D eigenvalue weighted by Gasteiger charge is 2.29. The van der Waals surface area contributed by atoms with E-state index in [1.165, 1.54) is 0 Å². The van der Waals surface area contributed by atoms with Crippen LogP contribution in [0.2, 0.25) is 0 Å². The number of rotatable bonds is 4. The van der Waals surface area contributed by atoms with E-state index in [0.29, 0.717) is 6.04 Å². The monoisotopic (exact) mass is 275 g/mol. The second-order valence-corrected chi connectivity index (χ2v) is 5.77. The summed E-state index contributed by atoms with van der Waals surface area (Å²) in [5, 5.41) is 3.02. The van der Waals surface area contributed by atoms with E-state index in [4.69, 9.17) is 5.73 Å². The molecule has 1 unspecified atom stereocenters. The first-order chi connectivity index (χ1) is 9.59. The van der Waals surface area contributed by atoms with E-state index in [0.717, 1.165) is 43.6 Å². The highest BCUT2D eigenvalue weighted by Crippen LogP contribution is 2.21. The molecule has 0 saturated carbocycles. The minimum absolute atomic E-state index is 0.0443. The minimum atomic E-state index is -0.0443. The molecular weight excluding hydrogens is 250 g/mol. The number of hydrogen-bond acceptors (Lipinski definition) is 3. The quantitative estimate of drug-likeness (QED) is 0.828. The third-order valence-corrected chi connectivity index (χ3v) is 3.98. The van der Waals surface area contributed by atoms with Crippen molar-refractivity contribution in [1.29, 1.82) is 0 Å². The van der Waals surface area contributed by atoms with Gasteiger partial charge in [0.2, 0.25) is 5.91 Å². The zero-order chi connectivity index (χ0) is 14.5. The summed E-state index contributed by atoms with van der Waals surface area (Å²) in [5.41, 5.74) is 7.93. The predicted molar refractivity (Wildman–Crippen MR) is 82.2 cm³/mol. The lowest BCUT2D eigenvalue weighted by molar-refractivity contribution is -0.127. The van der Waals surface area contributed by atoms with Crippen LogP contribution in [0.3, 0.4) is 0 Å². The van der Waals surface area contributed by atoms with Crippen molar-refractivity contribution in [2.75, 3.05) is 12.3 Å². The van der Waals surface area contributed by atoms with Gasteiger partial charge in [-0.25, -0.2) is 0 Å². The van der Waals surface area contributed by atoms with Crippen LogP contribution in [-0.4, -0.2) is 29.4 Å². The number of para-hydroxylation sites is 1. The lowest BCUT2D eigenvalue weighted by atomic mass is 10.0. The van der Waals surface area contributed by atoms with E-state index in [2.05, 4.69) is 24.1 Å². The van der Waals surface area contributed by atoms with Gasteiger partial charge in [0.15, 0.2) is 0 Å². The molecule has 0 spiro atoms. The molecule has 0 radical (unpaired) electrons. The highest BCUT2D eigenvalue weighted by atomic mass is 16.2. The number of nitrogens with zero attached hydrogens (tertiary/aromatic N) is 1.